The first-order valence-corrected chi connectivity index (χ1v) is 6.86. The van der Waals surface area contributed by atoms with E-state index in [1.165, 1.54) is 19.9 Å². The van der Waals surface area contributed by atoms with Gasteiger partial charge in [0.25, 0.3) is 5.56 Å². The lowest BCUT2D eigenvalue weighted by atomic mass is 9.90. The van der Waals surface area contributed by atoms with E-state index in [9.17, 15) is 19.8 Å². The Hall–Kier alpha value is -1.63. The predicted octanol–water partition coefficient (Wildman–Crippen LogP) is -1.62. The van der Waals surface area contributed by atoms with Crippen LogP contribution >= 0.6 is 11.6 Å². The van der Waals surface area contributed by atoms with Crippen molar-refractivity contribution in [1.29, 1.82) is 0 Å². The summed E-state index contributed by atoms with van der Waals surface area (Å²) in [5.41, 5.74) is 3.30. The van der Waals surface area contributed by atoms with Gasteiger partial charge < -0.3 is 20.7 Å². The molecule has 0 amide bonds. The number of nitrogens with one attached hydrogen (secondary N) is 1. The van der Waals surface area contributed by atoms with Crippen molar-refractivity contribution in [3.05, 3.63) is 32.6 Å². The Morgan fingerprint density at radius 1 is 1.59 bits per heavy atom. The molecule has 2 rings (SSSR count). The molecule has 2 heterocycles. The number of hydrogen-bond acceptors (Lipinski definition) is 6. The number of halogens is 1. The fraction of sp³-hybridized carbons (Fsp3) is 0.538. The molecular formula is C13H16ClN3O5. The highest BCUT2D eigenvalue weighted by Gasteiger charge is 2.56. The maximum absolute atomic E-state index is 12.1. The van der Waals surface area contributed by atoms with Gasteiger partial charge in [0.05, 0.1) is 6.10 Å². The normalized spacial score (nSPS) is 32.4. The lowest BCUT2D eigenvalue weighted by molar-refractivity contribution is -0.0784. The van der Waals surface area contributed by atoms with E-state index in [4.69, 9.17) is 22.1 Å². The van der Waals surface area contributed by atoms with Gasteiger partial charge in [-0.15, -0.1) is 0 Å². The highest BCUT2D eigenvalue weighted by atomic mass is 35.5. The number of aliphatic hydroxyl groups is 2. The van der Waals surface area contributed by atoms with E-state index < -0.39 is 41.3 Å². The zero-order chi connectivity index (χ0) is 16.7. The summed E-state index contributed by atoms with van der Waals surface area (Å²) in [6.45, 7) is 2.92. The molecular weight excluding hydrogens is 314 g/mol. The van der Waals surface area contributed by atoms with Gasteiger partial charge in [0, 0.05) is 17.1 Å². The molecule has 1 saturated heterocycles. The van der Waals surface area contributed by atoms with Crippen LogP contribution in [0.4, 0.5) is 0 Å². The SMILES string of the molecule is Cc1cc(=O)[nH]c(=O)n1[C@@H]1O[C@H]([C@H](C)O)C(O)[C@]1(N)C#CCl. The molecule has 0 aliphatic carbocycles. The van der Waals surface area contributed by atoms with Gasteiger partial charge in [-0.25, -0.2) is 4.79 Å². The third-order valence-corrected chi connectivity index (χ3v) is 3.73. The summed E-state index contributed by atoms with van der Waals surface area (Å²) >= 11 is 5.41. The van der Waals surface area contributed by atoms with Crippen molar-refractivity contribution in [2.75, 3.05) is 0 Å². The average Bonchev–Trinajstić information content (AvgIpc) is 2.63. The smallest absolute Gasteiger partial charge is 0.330 e. The summed E-state index contributed by atoms with van der Waals surface area (Å²) in [7, 11) is 0. The molecule has 5 atom stereocenters. The Morgan fingerprint density at radius 3 is 2.73 bits per heavy atom. The third kappa shape index (κ3) is 2.58. The number of ether oxygens (including phenoxy) is 1. The second-order valence-corrected chi connectivity index (χ2v) is 5.43. The van der Waals surface area contributed by atoms with Gasteiger partial charge in [0.15, 0.2) is 11.8 Å². The number of nitrogens with zero attached hydrogens (tertiary/aromatic N) is 1. The molecule has 1 aromatic rings. The number of aromatic nitrogens is 2. The predicted molar refractivity (Wildman–Crippen MR) is 78.2 cm³/mol. The number of aromatic amines is 1. The van der Waals surface area contributed by atoms with Crippen LogP contribution in [0.15, 0.2) is 15.7 Å². The number of aliphatic hydroxyl groups excluding tert-OH is 2. The zero-order valence-corrected chi connectivity index (χ0v) is 12.7. The number of H-pyrrole nitrogens is 1. The molecule has 0 saturated carbocycles. The van der Waals surface area contributed by atoms with E-state index in [1.807, 2.05) is 0 Å². The van der Waals surface area contributed by atoms with Crippen molar-refractivity contribution in [3.63, 3.8) is 0 Å². The molecule has 0 radical (unpaired) electrons. The Kier molecular flexibility index (Phi) is 4.47. The molecule has 1 fully saturated rings. The first kappa shape index (κ1) is 16.7. The molecule has 0 bridgehead atoms. The standard InChI is InChI=1S/C13H16ClN3O5/c1-6-5-8(19)16-12(21)17(6)11-13(15,3-4-14)10(20)9(22-11)7(2)18/h5,7,9-11,18,20H,15H2,1-2H3,(H,16,19,21)/t7-,9+,10?,11+,13+/m0/s1. The monoisotopic (exact) mass is 329 g/mol. The molecule has 1 aliphatic heterocycles. The Labute approximate surface area is 130 Å². The van der Waals surface area contributed by atoms with E-state index in [0.29, 0.717) is 0 Å². The van der Waals surface area contributed by atoms with Gasteiger partial charge in [0.1, 0.15) is 12.2 Å². The summed E-state index contributed by atoms with van der Waals surface area (Å²) in [6, 6.07) is 1.18. The number of aryl methyl sites for hydroxylation is 1. The second-order valence-electron chi connectivity index (χ2n) is 5.24. The first-order chi connectivity index (χ1) is 10.2. The minimum atomic E-state index is -1.73. The maximum atomic E-state index is 12.1. The van der Waals surface area contributed by atoms with Crippen molar-refractivity contribution >= 4 is 11.6 Å². The van der Waals surface area contributed by atoms with Gasteiger partial charge in [-0.3, -0.25) is 14.3 Å². The Morgan fingerprint density at radius 2 is 2.23 bits per heavy atom. The summed E-state index contributed by atoms with van der Waals surface area (Å²) in [5, 5.41) is 22.1. The van der Waals surface area contributed by atoms with Crippen molar-refractivity contribution in [2.24, 2.45) is 5.73 Å². The summed E-state index contributed by atoms with van der Waals surface area (Å²) in [4.78, 5) is 25.5. The van der Waals surface area contributed by atoms with Crippen LogP contribution in [0.3, 0.4) is 0 Å². The van der Waals surface area contributed by atoms with Gasteiger partial charge in [0.2, 0.25) is 0 Å². The molecule has 9 heteroatoms. The molecule has 1 aliphatic rings. The highest BCUT2D eigenvalue weighted by molar-refractivity contribution is 6.30. The van der Waals surface area contributed by atoms with E-state index in [1.54, 1.807) is 0 Å². The highest BCUT2D eigenvalue weighted by Crippen LogP contribution is 2.37. The Balaban J connectivity index is 2.64. The van der Waals surface area contributed by atoms with Crippen LogP contribution in [0, 0.1) is 18.2 Å². The first-order valence-electron chi connectivity index (χ1n) is 6.48. The number of rotatable bonds is 2. The molecule has 1 aromatic heterocycles. The molecule has 1 unspecified atom stereocenters. The van der Waals surface area contributed by atoms with Crippen molar-refractivity contribution in [2.45, 2.75) is 43.9 Å². The molecule has 22 heavy (non-hydrogen) atoms. The molecule has 120 valence electrons. The van der Waals surface area contributed by atoms with Crippen LogP contribution in [0.5, 0.6) is 0 Å². The molecule has 8 nitrogen and oxygen atoms in total. The van der Waals surface area contributed by atoms with Gasteiger partial charge in [-0.1, -0.05) is 5.92 Å². The van der Waals surface area contributed by atoms with Crippen LogP contribution in [-0.4, -0.2) is 43.6 Å². The van der Waals surface area contributed by atoms with E-state index >= 15 is 0 Å². The minimum Gasteiger partial charge on any atom is -0.391 e. The lowest BCUT2D eigenvalue weighted by Gasteiger charge is -2.28. The zero-order valence-electron chi connectivity index (χ0n) is 11.9. The number of hydrogen-bond donors (Lipinski definition) is 4. The summed E-state index contributed by atoms with van der Waals surface area (Å²) < 4.78 is 6.61. The van der Waals surface area contributed by atoms with E-state index in [0.717, 1.165) is 4.57 Å². The van der Waals surface area contributed by atoms with Crippen LogP contribution in [0.1, 0.15) is 18.8 Å². The largest absolute Gasteiger partial charge is 0.391 e. The quantitative estimate of drug-likeness (QED) is 0.482. The van der Waals surface area contributed by atoms with Crippen LogP contribution in [0.2, 0.25) is 0 Å². The summed E-state index contributed by atoms with van der Waals surface area (Å²) in [5.74, 6) is 2.43. The van der Waals surface area contributed by atoms with Gasteiger partial charge >= 0.3 is 5.69 Å². The van der Waals surface area contributed by atoms with Crippen LogP contribution < -0.4 is 17.0 Å². The van der Waals surface area contributed by atoms with Crippen LogP contribution in [0.25, 0.3) is 0 Å². The van der Waals surface area contributed by atoms with Gasteiger partial charge in [-0.2, -0.15) is 0 Å². The fourth-order valence-corrected chi connectivity index (χ4v) is 2.70. The topological polar surface area (TPSA) is 131 Å². The maximum Gasteiger partial charge on any atom is 0.330 e. The average molecular weight is 330 g/mol. The second kappa shape index (κ2) is 5.87. The summed E-state index contributed by atoms with van der Waals surface area (Å²) in [6.07, 6.45) is -4.73. The van der Waals surface area contributed by atoms with E-state index in [2.05, 4.69) is 16.3 Å². The lowest BCUT2D eigenvalue weighted by Crippen LogP contribution is -2.56. The fourth-order valence-electron chi connectivity index (χ4n) is 2.54. The van der Waals surface area contributed by atoms with Crippen molar-refractivity contribution in [3.8, 4) is 11.3 Å². The van der Waals surface area contributed by atoms with Gasteiger partial charge in [-0.05, 0) is 25.4 Å². The van der Waals surface area contributed by atoms with E-state index in [-0.39, 0.29) is 5.69 Å². The van der Waals surface area contributed by atoms with Crippen LogP contribution in [-0.2, 0) is 4.74 Å². The third-order valence-electron chi connectivity index (χ3n) is 3.64. The van der Waals surface area contributed by atoms with Crippen molar-refractivity contribution in [1.82, 2.24) is 9.55 Å². The number of nitrogens with two attached hydrogens (primary N) is 1. The van der Waals surface area contributed by atoms with Crippen molar-refractivity contribution < 1.29 is 14.9 Å². The molecule has 5 N–H and O–H groups in total. The molecule has 0 spiro atoms. The minimum absolute atomic E-state index is 0.267. The Bertz CT molecular complexity index is 747. The molecule has 0 aromatic carbocycles.